The minimum absolute atomic E-state index is 0.0906. The van der Waals surface area contributed by atoms with Crippen LogP contribution in [0.5, 0.6) is 5.75 Å². The van der Waals surface area contributed by atoms with E-state index in [0.29, 0.717) is 19.1 Å². The Bertz CT molecular complexity index is 413. The predicted molar refractivity (Wildman–Crippen MR) is 79.7 cm³/mol. The van der Waals surface area contributed by atoms with Gasteiger partial charge in [0.1, 0.15) is 5.75 Å². The third kappa shape index (κ3) is 5.61. The summed E-state index contributed by atoms with van der Waals surface area (Å²) in [7, 11) is 0. The van der Waals surface area contributed by atoms with E-state index in [1.165, 1.54) is 5.56 Å². The number of carbonyl (C=O) groups is 1. The summed E-state index contributed by atoms with van der Waals surface area (Å²) in [4.78, 5) is 11.5. The fourth-order valence-corrected chi connectivity index (χ4v) is 1.90. The molecule has 0 saturated heterocycles. The highest BCUT2D eigenvalue weighted by atomic mass is 16.5. The SMILES string of the molecule is CCCNCc1ccc(OCCC(=O)NC2CC2)cc1. The Kier molecular flexibility index (Phi) is 5.87. The van der Waals surface area contributed by atoms with Crippen LogP contribution in [0.1, 0.15) is 38.2 Å². The number of hydrogen-bond acceptors (Lipinski definition) is 3. The molecule has 0 spiro atoms. The number of amides is 1. The molecule has 1 aliphatic carbocycles. The van der Waals surface area contributed by atoms with E-state index >= 15 is 0 Å². The van der Waals surface area contributed by atoms with Crippen molar-refractivity contribution in [3.8, 4) is 5.75 Å². The molecule has 0 radical (unpaired) electrons. The van der Waals surface area contributed by atoms with Crippen LogP contribution in [0.2, 0.25) is 0 Å². The molecule has 1 aromatic rings. The Morgan fingerprint density at radius 1 is 1.30 bits per heavy atom. The van der Waals surface area contributed by atoms with Crippen LogP contribution in [0.3, 0.4) is 0 Å². The first kappa shape index (κ1) is 14.9. The van der Waals surface area contributed by atoms with E-state index < -0.39 is 0 Å². The first-order chi connectivity index (χ1) is 9.78. The zero-order valence-electron chi connectivity index (χ0n) is 12.2. The lowest BCUT2D eigenvalue weighted by Crippen LogP contribution is -2.26. The highest BCUT2D eigenvalue weighted by Crippen LogP contribution is 2.18. The topological polar surface area (TPSA) is 50.4 Å². The lowest BCUT2D eigenvalue weighted by Gasteiger charge is -2.08. The monoisotopic (exact) mass is 276 g/mol. The van der Waals surface area contributed by atoms with Crippen LogP contribution in [0.15, 0.2) is 24.3 Å². The van der Waals surface area contributed by atoms with E-state index in [9.17, 15) is 4.79 Å². The zero-order valence-corrected chi connectivity index (χ0v) is 12.2. The molecule has 0 bridgehead atoms. The lowest BCUT2D eigenvalue weighted by atomic mass is 10.2. The van der Waals surface area contributed by atoms with E-state index in [0.717, 1.165) is 38.1 Å². The average Bonchev–Trinajstić information content (AvgIpc) is 3.25. The molecule has 20 heavy (non-hydrogen) atoms. The molecular weight excluding hydrogens is 252 g/mol. The molecule has 1 fully saturated rings. The van der Waals surface area contributed by atoms with Gasteiger partial charge in [0.25, 0.3) is 0 Å². The fourth-order valence-electron chi connectivity index (χ4n) is 1.90. The third-order valence-corrected chi connectivity index (χ3v) is 3.22. The van der Waals surface area contributed by atoms with Crippen molar-refractivity contribution >= 4 is 5.91 Å². The maximum absolute atomic E-state index is 11.5. The van der Waals surface area contributed by atoms with Crippen LogP contribution >= 0.6 is 0 Å². The lowest BCUT2D eigenvalue weighted by molar-refractivity contribution is -0.121. The van der Waals surface area contributed by atoms with Crippen LogP contribution in [-0.4, -0.2) is 25.1 Å². The summed E-state index contributed by atoms with van der Waals surface area (Å²) in [6.45, 7) is 4.52. The van der Waals surface area contributed by atoms with Gasteiger partial charge in [-0.05, 0) is 43.5 Å². The molecule has 0 aromatic heterocycles. The summed E-state index contributed by atoms with van der Waals surface area (Å²) in [5.41, 5.74) is 1.25. The minimum atomic E-state index is 0.0906. The zero-order chi connectivity index (χ0) is 14.2. The number of hydrogen-bond donors (Lipinski definition) is 2. The van der Waals surface area contributed by atoms with Crippen LogP contribution < -0.4 is 15.4 Å². The van der Waals surface area contributed by atoms with Gasteiger partial charge in [-0.3, -0.25) is 4.79 Å². The first-order valence-corrected chi connectivity index (χ1v) is 7.49. The van der Waals surface area contributed by atoms with Crippen molar-refractivity contribution in [3.63, 3.8) is 0 Å². The number of ether oxygens (including phenoxy) is 1. The standard InChI is InChI=1S/C16H24N2O2/c1-2-10-17-12-13-3-7-15(8-4-13)20-11-9-16(19)18-14-5-6-14/h3-4,7-8,14,17H,2,5-6,9-12H2,1H3,(H,18,19). The van der Waals surface area contributed by atoms with Gasteiger partial charge in [-0.25, -0.2) is 0 Å². The summed E-state index contributed by atoms with van der Waals surface area (Å²) in [5.74, 6) is 0.913. The Morgan fingerprint density at radius 3 is 2.70 bits per heavy atom. The molecule has 4 heteroatoms. The van der Waals surface area contributed by atoms with Gasteiger partial charge < -0.3 is 15.4 Å². The quantitative estimate of drug-likeness (QED) is 0.680. The molecule has 0 unspecified atom stereocenters. The van der Waals surface area contributed by atoms with Crippen molar-refractivity contribution in [3.05, 3.63) is 29.8 Å². The van der Waals surface area contributed by atoms with E-state index in [-0.39, 0.29) is 5.91 Å². The molecule has 1 amide bonds. The van der Waals surface area contributed by atoms with E-state index in [2.05, 4.69) is 29.7 Å². The molecule has 2 rings (SSSR count). The summed E-state index contributed by atoms with van der Waals surface area (Å²) >= 11 is 0. The summed E-state index contributed by atoms with van der Waals surface area (Å²) in [5, 5.41) is 6.31. The summed E-state index contributed by atoms with van der Waals surface area (Å²) in [6, 6.07) is 8.46. The van der Waals surface area contributed by atoms with Crippen molar-refractivity contribution < 1.29 is 9.53 Å². The van der Waals surface area contributed by atoms with Gasteiger partial charge in [0, 0.05) is 12.6 Å². The van der Waals surface area contributed by atoms with Crippen molar-refractivity contribution in [1.29, 1.82) is 0 Å². The summed E-state index contributed by atoms with van der Waals surface area (Å²) in [6.07, 6.45) is 3.82. The second-order valence-electron chi connectivity index (χ2n) is 5.26. The Hall–Kier alpha value is -1.55. The van der Waals surface area contributed by atoms with Gasteiger partial charge >= 0.3 is 0 Å². The molecule has 0 aliphatic heterocycles. The molecule has 0 heterocycles. The average molecular weight is 276 g/mol. The molecule has 4 nitrogen and oxygen atoms in total. The number of rotatable bonds is 9. The van der Waals surface area contributed by atoms with E-state index in [1.807, 2.05) is 12.1 Å². The molecule has 0 atom stereocenters. The third-order valence-electron chi connectivity index (χ3n) is 3.22. The molecule has 1 aromatic carbocycles. The normalized spacial score (nSPS) is 14.1. The Labute approximate surface area is 120 Å². The smallest absolute Gasteiger partial charge is 0.223 e. The summed E-state index contributed by atoms with van der Waals surface area (Å²) < 4.78 is 5.58. The number of nitrogens with one attached hydrogen (secondary N) is 2. The molecule has 110 valence electrons. The van der Waals surface area contributed by atoms with Gasteiger partial charge in [0.15, 0.2) is 0 Å². The van der Waals surface area contributed by atoms with Crippen molar-refractivity contribution in [2.75, 3.05) is 13.2 Å². The van der Waals surface area contributed by atoms with Crippen LogP contribution in [-0.2, 0) is 11.3 Å². The Balaban J connectivity index is 1.63. The van der Waals surface area contributed by atoms with Crippen molar-refractivity contribution in [2.45, 2.75) is 45.2 Å². The highest BCUT2D eigenvalue weighted by Gasteiger charge is 2.22. The van der Waals surface area contributed by atoms with Crippen LogP contribution in [0, 0.1) is 0 Å². The second kappa shape index (κ2) is 7.90. The maximum Gasteiger partial charge on any atom is 0.223 e. The second-order valence-corrected chi connectivity index (χ2v) is 5.26. The number of carbonyl (C=O) groups excluding carboxylic acids is 1. The predicted octanol–water partition coefficient (Wildman–Crippen LogP) is 2.23. The molecule has 2 N–H and O–H groups in total. The first-order valence-electron chi connectivity index (χ1n) is 7.49. The van der Waals surface area contributed by atoms with Gasteiger partial charge in [0.2, 0.25) is 5.91 Å². The number of benzene rings is 1. The maximum atomic E-state index is 11.5. The van der Waals surface area contributed by atoms with Crippen molar-refractivity contribution in [1.82, 2.24) is 10.6 Å². The van der Waals surface area contributed by atoms with Gasteiger partial charge in [-0.1, -0.05) is 19.1 Å². The van der Waals surface area contributed by atoms with E-state index in [1.54, 1.807) is 0 Å². The largest absolute Gasteiger partial charge is 0.493 e. The van der Waals surface area contributed by atoms with Crippen molar-refractivity contribution in [2.24, 2.45) is 0 Å². The van der Waals surface area contributed by atoms with Gasteiger partial charge in [0.05, 0.1) is 13.0 Å². The van der Waals surface area contributed by atoms with Gasteiger partial charge in [-0.2, -0.15) is 0 Å². The molecule has 1 aliphatic rings. The molecule has 1 saturated carbocycles. The fraction of sp³-hybridized carbons (Fsp3) is 0.562. The minimum Gasteiger partial charge on any atom is -0.493 e. The van der Waals surface area contributed by atoms with Crippen LogP contribution in [0.25, 0.3) is 0 Å². The van der Waals surface area contributed by atoms with Gasteiger partial charge in [-0.15, -0.1) is 0 Å². The Morgan fingerprint density at radius 2 is 2.05 bits per heavy atom. The highest BCUT2D eigenvalue weighted by molar-refractivity contribution is 5.76. The van der Waals surface area contributed by atoms with E-state index in [4.69, 9.17) is 4.74 Å². The molecular formula is C16H24N2O2. The van der Waals surface area contributed by atoms with Crippen LogP contribution in [0.4, 0.5) is 0 Å².